The molecule has 0 aliphatic carbocycles. The van der Waals surface area contributed by atoms with E-state index >= 15 is 0 Å². The molecule has 0 fully saturated rings. The fourth-order valence-electron chi connectivity index (χ4n) is 4.80. The highest BCUT2D eigenvalue weighted by atomic mass is 32.1. The quantitative estimate of drug-likeness (QED) is 0.217. The molecule has 7 nitrogen and oxygen atoms in total. The van der Waals surface area contributed by atoms with Crippen LogP contribution < -0.4 is 5.32 Å². The Balaban J connectivity index is 1.25. The van der Waals surface area contributed by atoms with Crippen molar-refractivity contribution in [3.63, 3.8) is 0 Å². The van der Waals surface area contributed by atoms with E-state index in [4.69, 9.17) is 0 Å². The number of nitrogens with zero attached hydrogens (tertiary/aromatic N) is 3. The average molecular weight is 527 g/mol. The minimum absolute atomic E-state index is 0.174. The number of anilines is 1. The van der Waals surface area contributed by atoms with Gasteiger partial charge in [0, 0.05) is 44.7 Å². The molecule has 0 aliphatic rings. The van der Waals surface area contributed by atoms with Gasteiger partial charge in [0.25, 0.3) is 5.91 Å². The third kappa shape index (κ3) is 4.26. The predicted molar refractivity (Wildman–Crippen MR) is 157 cm³/mol. The fraction of sp³-hybridized carbons (Fsp3) is 0.0323. The largest absolute Gasteiger partial charge is 0.353 e. The van der Waals surface area contributed by atoms with Crippen molar-refractivity contribution in [2.45, 2.75) is 6.92 Å². The number of aryl methyl sites for hydroxylation is 1. The molecule has 1 amide bonds. The Labute approximate surface area is 227 Å². The van der Waals surface area contributed by atoms with Crippen molar-refractivity contribution in [1.82, 2.24) is 25.1 Å². The molecule has 3 N–H and O–H groups in total. The van der Waals surface area contributed by atoms with Gasteiger partial charge in [-0.1, -0.05) is 24.3 Å². The van der Waals surface area contributed by atoms with Gasteiger partial charge in [0.15, 0.2) is 0 Å². The zero-order chi connectivity index (χ0) is 26.3. The Bertz CT molecular complexity index is 1990. The maximum absolute atomic E-state index is 12.6. The lowest BCUT2D eigenvalue weighted by Gasteiger charge is -2.08. The van der Waals surface area contributed by atoms with Gasteiger partial charge in [-0.2, -0.15) is 5.10 Å². The first-order valence-corrected chi connectivity index (χ1v) is 13.3. The van der Waals surface area contributed by atoms with Crippen LogP contribution in [-0.2, 0) is 0 Å². The van der Waals surface area contributed by atoms with Crippen LogP contribution in [0.25, 0.3) is 54.9 Å². The van der Waals surface area contributed by atoms with E-state index in [9.17, 15) is 4.79 Å². The van der Waals surface area contributed by atoms with Crippen LogP contribution in [0.2, 0.25) is 0 Å². The number of pyridine rings is 2. The van der Waals surface area contributed by atoms with E-state index in [1.165, 1.54) is 4.88 Å². The minimum Gasteiger partial charge on any atom is -0.353 e. The van der Waals surface area contributed by atoms with Crippen LogP contribution >= 0.6 is 11.3 Å². The molecule has 0 bridgehead atoms. The summed E-state index contributed by atoms with van der Waals surface area (Å²) in [5.41, 5.74) is 7.75. The topological polar surface area (TPSA) is 99.3 Å². The number of rotatable bonds is 5. The van der Waals surface area contributed by atoms with Crippen molar-refractivity contribution < 1.29 is 4.79 Å². The molecule has 8 heteroatoms. The Hall–Kier alpha value is -5.08. The highest BCUT2D eigenvalue weighted by molar-refractivity contribution is 7.15. The van der Waals surface area contributed by atoms with Crippen LogP contribution in [0.3, 0.4) is 0 Å². The molecule has 0 radical (unpaired) electrons. The number of carbonyl (C=O) groups excluding carboxylic acids is 1. The Morgan fingerprint density at radius 3 is 2.56 bits per heavy atom. The standard InChI is InChI=1S/C31H22N6OS/c1-18-7-10-28(39-18)30-24-15-27(35-25(24)11-12-33-30)29-23-14-20(8-9-26(23)36-37-29)21-13-22(17-32-16-21)34-31(38)19-5-3-2-4-6-19/h2-17,35H,1H3,(H,34,38)(H,36,37). The molecule has 5 heterocycles. The summed E-state index contributed by atoms with van der Waals surface area (Å²) in [6.07, 6.45) is 5.28. The van der Waals surface area contributed by atoms with Gasteiger partial charge in [-0.25, -0.2) is 0 Å². The molecule has 0 aliphatic heterocycles. The zero-order valence-electron chi connectivity index (χ0n) is 20.9. The zero-order valence-corrected chi connectivity index (χ0v) is 21.7. The lowest BCUT2D eigenvalue weighted by Crippen LogP contribution is -2.11. The van der Waals surface area contributed by atoms with Crippen molar-refractivity contribution in [3.05, 3.63) is 108 Å². The second kappa shape index (κ2) is 9.34. The number of fused-ring (bicyclic) bond motifs is 2. The van der Waals surface area contributed by atoms with Crippen LogP contribution in [-0.4, -0.2) is 31.1 Å². The van der Waals surface area contributed by atoms with E-state index in [0.29, 0.717) is 11.3 Å². The Kier molecular flexibility index (Phi) is 5.53. The summed E-state index contributed by atoms with van der Waals surface area (Å²) in [7, 11) is 0. The maximum atomic E-state index is 12.6. The van der Waals surface area contributed by atoms with Crippen molar-refractivity contribution >= 4 is 44.7 Å². The van der Waals surface area contributed by atoms with Crippen LogP contribution in [0.15, 0.2) is 97.5 Å². The summed E-state index contributed by atoms with van der Waals surface area (Å²) in [6, 6.07) is 25.6. The number of aromatic amines is 2. The highest BCUT2D eigenvalue weighted by Gasteiger charge is 2.16. The van der Waals surface area contributed by atoms with Gasteiger partial charge in [0.2, 0.25) is 0 Å². The SMILES string of the molecule is Cc1ccc(-c2nccc3[nH]c(-c4n[nH]c5ccc(-c6cncc(NC(=O)c7ccccc7)c6)cc45)cc23)s1. The first-order valence-electron chi connectivity index (χ1n) is 12.5. The molecule has 7 aromatic rings. The van der Waals surface area contributed by atoms with Gasteiger partial charge in [-0.3, -0.25) is 19.9 Å². The first-order chi connectivity index (χ1) is 19.1. The number of hydrogen-bond donors (Lipinski definition) is 3. The monoisotopic (exact) mass is 526 g/mol. The molecule has 0 atom stereocenters. The smallest absolute Gasteiger partial charge is 0.255 e. The summed E-state index contributed by atoms with van der Waals surface area (Å²) in [5, 5.41) is 12.8. The summed E-state index contributed by atoms with van der Waals surface area (Å²) < 4.78 is 0. The molecular formula is C31H22N6OS. The number of nitrogens with one attached hydrogen (secondary N) is 3. The van der Waals surface area contributed by atoms with Crippen molar-refractivity contribution in [2.75, 3.05) is 5.32 Å². The maximum Gasteiger partial charge on any atom is 0.255 e. The van der Waals surface area contributed by atoms with Gasteiger partial charge < -0.3 is 10.3 Å². The molecule has 0 spiro atoms. The molecule has 5 aromatic heterocycles. The molecular weight excluding hydrogens is 504 g/mol. The fourth-order valence-corrected chi connectivity index (χ4v) is 5.68. The molecule has 188 valence electrons. The average Bonchev–Trinajstić information content (AvgIpc) is 3.71. The van der Waals surface area contributed by atoms with E-state index in [1.807, 2.05) is 48.7 Å². The van der Waals surface area contributed by atoms with Gasteiger partial charge in [-0.05, 0) is 67.1 Å². The number of thiophene rings is 1. The molecule has 2 aromatic carbocycles. The molecule has 0 saturated heterocycles. The molecule has 39 heavy (non-hydrogen) atoms. The van der Waals surface area contributed by atoms with Crippen molar-refractivity contribution in [3.8, 4) is 33.1 Å². The van der Waals surface area contributed by atoms with Gasteiger partial charge >= 0.3 is 0 Å². The predicted octanol–water partition coefficient (Wildman–Crippen LogP) is 7.46. The third-order valence-electron chi connectivity index (χ3n) is 6.71. The minimum atomic E-state index is -0.174. The summed E-state index contributed by atoms with van der Waals surface area (Å²) in [6.45, 7) is 2.10. The summed E-state index contributed by atoms with van der Waals surface area (Å²) in [5.74, 6) is -0.174. The number of H-pyrrole nitrogens is 2. The second-order valence-corrected chi connectivity index (χ2v) is 10.6. The van der Waals surface area contributed by atoms with E-state index in [2.05, 4.69) is 61.7 Å². The number of carbonyl (C=O) groups is 1. The highest BCUT2D eigenvalue weighted by Crippen LogP contribution is 2.36. The van der Waals surface area contributed by atoms with Gasteiger partial charge in [-0.15, -0.1) is 11.3 Å². The Morgan fingerprint density at radius 1 is 0.846 bits per heavy atom. The summed E-state index contributed by atoms with van der Waals surface area (Å²) in [4.78, 5) is 27.6. The Morgan fingerprint density at radius 2 is 1.72 bits per heavy atom. The number of benzene rings is 2. The summed E-state index contributed by atoms with van der Waals surface area (Å²) >= 11 is 1.74. The lowest BCUT2D eigenvalue weighted by atomic mass is 10.0. The molecule has 7 rings (SSSR count). The molecule has 0 unspecified atom stereocenters. The number of hydrogen-bond acceptors (Lipinski definition) is 5. The van der Waals surface area contributed by atoms with Crippen LogP contribution in [0.4, 0.5) is 5.69 Å². The number of amides is 1. The number of aromatic nitrogens is 5. The van der Waals surface area contributed by atoms with Gasteiger partial charge in [0.05, 0.1) is 33.7 Å². The lowest BCUT2D eigenvalue weighted by molar-refractivity contribution is 0.102. The van der Waals surface area contributed by atoms with Gasteiger partial charge in [0.1, 0.15) is 5.69 Å². The van der Waals surface area contributed by atoms with E-state index in [1.54, 1.807) is 35.9 Å². The van der Waals surface area contributed by atoms with Crippen molar-refractivity contribution in [2.24, 2.45) is 0 Å². The third-order valence-corrected chi connectivity index (χ3v) is 7.71. The second-order valence-electron chi connectivity index (χ2n) is 9.33. The first kappa shape index (κ1) is 23.1. The molecule has 0 saturated carbocycles. The van der Waals surface area contributed by atoms with E-state index in [0.717, 1.165) is 54.9 Å². The van der Waals surface area contributed by atoms with Crippen LogP contribution in [0.1, 0.15) is 15.2 Å². The van der Waals surface area contributed by atoms with Crippen molar-refractivity contribution in [1.29, 1.82) is 0 Å². The van der Waals surface area contributed by atoms with E-state index < -0.39 is 0 Å². The van der Waals surface area contributed by atoms with E-state index in [-0.39, 0.29) is 5.91 Å². The van der Waals surface area contributed by atoms with Crippen LogP contribution in [0, 0.1) is 6.92 Å². The normalized spacial score (nSPS) is 11.3. The van der Waals surface area contributed by atoms with Crippen LogP contribution in [0.5, 0.6) is 0 Å².